The molecule has 1 aliphatic heterocycles. The fourth-order valence-electron chi connectivity index (χ4n) is 3.98. The van der Waals surface area contributed by atoms with E-state index in [1.54, 1.807) is 28.4 Å². The molecule has 0 radical (unpaired) electrons. The zero-order valence-electron chi connectivity index (χ0n) is 19.3. The molecule has 0 saturated carbocycles. The SMILES string of the molecule is CCOc1cc(CN2CCN(Cc3ccc(OC)c(OC)c3OC)CC2)ccc1OC. The van der Waals surface area contributed by atoms with Crippen molar-refractivity contribution in [2.45, 2.75) is 20.0 Å². The number of hydrogen-bond donors (Lipinski definition) is 0. The molecular weight excluding hydrogens is 396 g/mol. The fraction of sp³-hybridized carbons (Fsp3) is 0.500. The van der Waals surface area contributed by atoms with Crippen molar-refractivity contribution in [3.05, 3.63) is 41.5 Å². The van der Waals surface area contributed by atoms with Crippen LogP contribution in [0.15, 0.2) is 30.3 Å². The Labute approximate surface area is 185 Å². The summed E-state index contributed by atoms with van der Waals surface area (Å²) in [6, 6.07) is 10.2. The van der Waals surface area contributed by atoms with Gasteiger partial charge in [0.1, 0.15) is 0 Å². The van der Waals surface area contributed by atoms with Crippen LogP contribution in [0.3, 0.4) is 0 Å². The Hall–Kier alpha value is -2.64. The van der Waals surface area contributed by atoms with Gasteiger partial charge < -0.3 is 23.7 Å². The van der Waals surface area contributed by atoms with Gasteiger partial charge in [-0.15, -0.1) is 0 Å². The summed E-state index contributed by atoms with van der Waals surface area (Å²) < 4.78 is 27.7. The van der Waals surface area contributed by atoms with Gasteiger partial charge in [-0.05, 0) is 30.7 Å². The van der Waals surface area contributed by atoms with Crippen LogP contribution in [0.4, 0.5) is 0 Å². The lowest BCUT2D eigenvalue weighted by Gasteiger charge is -2.35. The fourth-order valence-corrected chi connectivity index (χ4v) is 3.98. The molecule has 170 valence electrons. The van der Waals surface area contributed by atoms with Gasteiger partial charge in [-0.1, -0.05) is 12.1 Å². The van der Waals surface area contributed by atoms with E-state index in [-0.39, 0.29) is 0 Å². The first kappa shape index (κ1) is 23.0. The normalized spacial score (nSPS) is 14.9. The van der Waals surface area contributed by atoms with Crippen molar-refractivity contribution in [1.82, 2.24) is 9.80 Å². The van der Waals surface area contributed by atoms with E-state index in [9.17, 15) is 0 Å². The topological polar surface area (TPSA) is 52.6 Å². The highest BCUT2D eigenvalue weighted by molar-refractivity contribution is 5.55. The number of nitrogens with zero attached hydrogens (tertiary/aromatic N) is 2. The Morgan fingerprint density at radius 2 is 1.29 bits per heavy atom. The largest absolute Gasteiger partial charge is 0.493 e. The standard InChI is InChI=1S/C24H34N2O5/c1-6-31-22-15-18(7-9-20(22)27-2)16-25-11-13-26(14-12-25)17-19-8-10-21(28-3)24(30-5)23(19)29-4/h7-10,15H,6,11-14,16-17H2,1-5H3. The highest BCUT2D eigenvalue weighted by Gasteiger charge is 2.21. The second-order valence-electron chi connectivity index (χ2n) is 7.46. The van der Waals surface area contributed by atoms with Crippen LogP contribution in [0.5, 0.6) is 28.7 Å². The molecule has 1 heterocycles. The number of rotatable bonds is 10. The molecule has 0 atom stereocenters. The minimum Gasteiger partial charge on any atom is -0.493 e. The molecule has 7 heteroatoms. The zero-order valence-corrected chi connectivity index (χ0v) is 19.3. The predicted molar refractivity (Wildman–Crippen MR) is 121 cm³/mol. The molecule has 2 aromatic rings. The van der Waals surface area contributed by atoms with Crippen molar-refractivity contribution < 1.29 is 23.7 Å². The van der Waals surface area contributed by atoms with Crippen LogP contribution in [0.2, 0.25) is 0 Å². The van der Waals surface area contributed by atoms with E-state index < -0.39 is 0 Å². The highest BCUT2D eigenvalue weighted by atomic mass is 16.5. The van der Waals surface area contributed by atoms with E-state index in [4.69, 9.17) is 23.7 Å². The molecule has 0 aromatic heterocycles. The first-order valence-electron chi connectivity index (χ1n) is 10.7. The third kappa shape index (κ3) is 5.54. The molecule has 0 aliphatic carbocycles. The van der Waals surface area contributed by atoms with Crippen LogP contribution in [0.25, 0.3) is 0 Å². The second-order valence-corrected chi connectivity index (χ2v) is 7.46. The molecule has 0 amide bonds. The molecule has 3 rings (SSSR count). The van der Waals surface area contributed by atoms with Gasteiger partial charge in [0.05, 0.1) is 35.0 Å². The molecule has 1 saturated heterocycles. The van der Waals surface area contributed by atoms with Gasteiger partial charge in [0, 0.05) is 44.8 Å². The van der Waals surface area contributed by atoms with Crippen molar-refractivity contribution in [3.63, 3.8) is 0 Å². The number of piperazine rings is 1. The van der Waals surface area contributed by atoms with Gasteiger partial charge in [-0.25, -0.2) is 0 Å². The lowest BCUT2D eigenvalue weighted by molar-refractivity contribution is 0.121. The third-order valence-electron chi connectivity index (χ3n) is 5.58. The van der Waals surface area contributed by atoms with Crippen LogP contribution < -0.4 is 23.7 Å². The summed E-state index contributed by atoms with van der Waals surface area (Å²) in [6.07, 6.45) is 0. The van der Waals surface area contributed by atoms with E-state index in [1.165, 1.54) is 5.56 Å². The van der Waals surface area contributed by atoms with Gasteiger partial charge in [0.15, 0.2) is 23.0 Å². The molecule has 7 nitrogen and oxygen atoms in total. The lowest BCUT2D eigenvalue weighted by Crippen LogP contribution is -2.45. The Kier molecular flexibility index (Phi) is 8.26. The number of benzene rings is 2. The van der Waals surface area contributed by atoms with Gasteiger partial charge in [-0.2, -0.15) is 0 Å². The van der Waals surface area contributed by atoms with E-state index in [0.717, 1.165) is 62.1 Å². The van der Waals surface area contributed by atoms with Crippen molar-refractivity contribution in [2.24, 2.45) is 0 Å². The summed E-state index contributed by atoms with van der Waals surface area (Å²) in [4.78, 5) is 4.92. The van der Waals surface area contributed by atoms with Crippen molar-refractivity contribution in [3.8, 4) is 28.7 Å². The molecule has 1 aliphatic rings. The summed E-state index contributed by atoms with van der Waals surface area (Å²) >= 11 is 0. The average Bonchev–Trinajstić information content (AvgIpc) is 2.80. The Morgan fingerprint density at radius 3 is 1.87 bits per heavy atom. The smallest absolute Gasteiger partial charge is 0.203 e. The number of methoxy groups -OCH3 is 4. The molecular formula is C24H34N2O5. The maximum absolute atomic E-state index is 5.72. The van der Waals surface area contributed by atoms with E-state index >= 15 is 0 Å². The number of ether oxygens (including phenoxy) is 5. The molecule has 0 spiro atoms. The van der Waals surface area contributed by atoms with Crippen molar-refractivity contribution in [1.29, 1.82) is 0 Å². The van der Waals surface area contributed by atoms with Crippen molar-refractivity contribution >= 4 is 0 Å². The first-order chi connectivity index (χ1) is 15.1. The summed E-state index contributed by atoms with van der Waals surface area (Å²) in [5.41, 5.74) is 2.34. The summed E-state index contributed by atoms with van der Waals surface area (Å²) in [5, 5.41) is 0. The highest BCUT2D eigenvalue weighted by Crippen LogP contribution is 2.40. The molecule has 2 aromatic carbocycles. The minimum atomic E-state index is 0.623. The number of hydrogen-bond acceptors (Lipinski definition) is 7. The van der Waals surface area contributed by atoms with Crippen LogP contribution in [-0.4, -0.2) is 71.0 Å². The van der Waals surface area contributed by atoms with Gasteiger partial charge >= 0.3 is 0 Å². The second kappa shape index (κ2) is 11.1. The molecule has 0 unspecified atom stereocenters. The van der Waals surface area contributed by atoms with Crippen molar-refractivity contribution in [2.75, 3.05) is 61.2 Å². The van der Waals surface area contributed by atoms with Crippen LogP contribution >= 0.6 is 0 Å². The van der Waals surface area contributed by atoms with Crippen LogP contribution in [0, 0.1) is 0 Å². The maximum atomic E-state index is 5.72. The Morgan fingerprint density at radius 1 is 0.677 bits per heavy atom. The monoisotopic (exact) mass is 430 g/mol. The average molecular weight is 431 g/mol. The van der Waals surface area contributed by atoms with Gasteiger partial charge in [-0.3, -0.25) is 9.80 Å². The predicted octanol–water partition coefficient (Wildman–Crippen LogP) is 3.44. The summed E-state index contributed by atoms with van der Waals surface area (Å²) in [6.45, 7) is 8.32. The minimum absolute atomic E-state index is 0.623. The molecule has 0 N–H and O–H groups in total. The van der Waals surface area contributed by atoms with E-state index in [2.05, 4.69) is 28.0 Å². The Bertz CT molecular complexity index is 850. The summed E-state index contributed by atoms with van der Waals surface area (Å²) in [7, 11) is 6.61. The summed E-state index contributed by atoms with van der Waals surface area (Å²) in [5.74, 6) is 3.65. The maximum Gasteiger partial charge on any atom is 0.203 e. The quantitative estimate of drug-likeness (QED) is 0.572. The zero-order chi connectivity index (χ0) is 22.2. The van der Waals surface area contributed by atoms with Gasteiger partial charge in [0.2, 0.25) is 5.75 Å². The first-order valence-corrected chi connectivity index (χ1v) is 10.7. The molecule has 0 bridgehead atoms. The van der Waals surface area contributed by atoms with Crippen LogP contribution in [0.1, 0.15) is 18.1 Å². The third-order valence-corrected chi connectivity index (χ3v) is 5.58. The molecule has 31 heavy (non-hydrogen) atoms. The molecule has 1 fully saturated rings. The Balaban J connectivity index is 1.60. The van der Waals surface area contributed by atoms with E-state index in [0.29, 0.717) is 18.1 Å². The van der Waals surface area contributed by atoms with Crippen LogP contribution in [-0.2, 0) is 13.1 Å². The van der Waals surface area contributed by atoms with Gasteiger partial charge in [0.25, 0.3) is 0 Å². The lowest BCUT2D eigenvalue weighted by atomic mass is 10.1. The van der Waals surface area contributed by atoms with E-state index in [1.807, 2.05) is 19.1 Å².